The van der Waals surface area contributed by atoms with E-state index in [1.807, 2.05) is 0 Å². The number of benzene rings is 3. The number of thiazole rings is 1. The van der Waals surface area contributed by atoms with Crippen molar-refractivity contribution in [2.45, 2.75) is 25.7 Å². The minimum atomic E-state index is -5.00. The lowest BCUT2D eigenvalue weighted by atomic mass is 9.95. The van der Waals surface area contributed by atoms with Crippen LogP contribution in [0.1, 0.15) is 35.2 Å². The van der Waals surface area contributed by atoms with Gasteiger partial charge in [0.2, 0.25) is 0 Å². The number of aromatic nitrogens is 1. The number of nitrogens with zero attached hydrogens (tertiary/aromatic N) is 3. The number of alkyl halides is 3. The van der Waals surface area contributed by atoms with Crippen molar-refractivity contribution in [2.24, 2.45) is 4.99 Å². The largest absolute Gasteiger partial charge is 0.488 e. The Kier molecular flexibility index (Phi) is 9.10. The van der Waals surface area contributed by atoms with E-state index in [2.05, 4.69) is 27.0 Å². The predicted octanol–water partition coefficient (Wildman–Crippen LogP) is 6.21. The molecule has 0 amide bonds. The first kappa shape index (κ1) is 31.3. The Bertz CT molecular complexity index is 2000. The van der Waals surface area contributed by atoms with E-state index in [-0.39, 0.29) is 28.1 Å². The van der Waals surface area contributed by atoms with E-state index in [4.69, 9.17) is 26.3 Å². The Balaban J connectivity index is 1.56. The number of esters is 1. The van der Waals surface area contributed by atoms with Crippen LogP contribution in [0.15, 0.2) is 92.3 Å². The van der Waals surface area contributed by atoms with Crippen molar-refractivity contribution in [1.29, 1.82) is 5.26 Å². The van der Waals surface area contributed by atoms with Crippen molar-refractivity contribution in [3.8, 4) is 11.8 Å². The van der Waals surface area contributed by atoms with Gasteiger partial charge in [-0.25, -0.2) is 9.79 Å². The lowest BCUT2D eigenvalue weighted by Crippen LogP contribution is -2.41. The van der Waals surface area contributed by atoms with Crippen LogP contribution in [0.5, 0.6) is 5.75 Å². The fraction of sp³-hybridized carbons (Fsp3) is 0.161. The number of hydrogen-bond donors (Lipinski definition) is 0. The molecule has 0 spiro atoms. The Morgan fingerprint density at radius 3 is 2.48 bits per heavy atom. The van der Waals surface area contributed by atoms with Gasteiger partial charge in [0.05, 0.1) is 38.9 Å². The van der Waals surface area contributed by atoms with E-state index < -0.39 is 35.0 Å². The highest BCUT2D eigenvalue weighted by atomic mass is 79.9. The average molecular weight is 703 g/mol. The third-order valence-corrected chi connectivity index (χ3v) is 8.37. The van der Waals surface area contributed by atoms with Crippen LogP contribution in [0.4, 0.5) is 13.2 Å². The van der Waals surface area contributed by atoms with E-state index in [0.29, 0.717) is 26.4 Å². The summed E-state index contributed by atoms with van der Waals surface area (Å²) in [6.45, 7) is 1.55. The van der Waals surface area contributed by atoms with Gasteiger partial charge in [0.25, 0.3) is 5.56 Å². The summed E-state index contributed by atoms with van der Waals surface area (Å²) < 4.78 is 55.5. The van der Waals surface area contributed by atoms with E-state index in [9.17, 15) is 22.8 Å². The second kappa shape index (κ2) is 12.8. The first-order valence-electron chi connectivity index (χ1n) is 13.0. The van der Waals surface area contributed by atoms with Crippen LogP contribution in [-0.4, -0.2) is 23.3 Å². The number of allylic oxidation sites excluding steroid dienone is 1. The molecule has 4 aromatic rings. The minimum Gasteiger partial charge on any atom is -0.488 e. The highest BCUT2D eigenvalue weighted by Crippen LogP contribution is 2.38. The van der Waals surface area contributed by atoms with Gasteiger partial charge < -0.3 is 9.47 Å². The summed E-state index contributed by atoms with van der Waals surface area (Å²) in [5.41, 5.74) is -0.645. The molecular weight excluding hydrogens is 683 g/mol. The Morgan fingerprint density at radius 2 is 1.86 bits per heavy atom. The molecule has 5 rings (SSSR count). The summed E-state index contributed by atoms with van der Waals surface area (Å²) in [5.74, 6) is -0.706. The minimum absolute atomic E-state index is 0.104. The third kappa shape index (κ3) is 6.50. The van der Waals surface area contributed by atoms with Gasteiger partial charge in [0.15, 0.2) is 10.5 Å². The van der Waals surface area contributed by atoms with E-state index >= 15 is 0 Å². The molecule has 44 heavy (non-hydrogen) atoms. The lowest BCUT2D eigenvalue weighted by molar-refractivity contribution is -0.140. The Labute approximate surface area is 265 Å². The lowest BCUT2D eigenvalue weighted by Gasteiger charge is -2.26. The maximum Gasteiger partial charge on any atom is 0.434 e. The van der Waals surface area contributed by atoms with Crippen LogP contribution < -0.4 is 19.6 Å². The molecule has 2 heterocycles. The number of carbonyl (C=O) groups excluding carboxylic acids is 1. The molecule has 0 radical (unpaired) electrons. The van der Waals surface area contributed by atoms with Crippen molar-refractivity contribution in [2.75, 3.05) is 6.61 Å². The molecule has 0 N–H and O–H groups in total. The topological polar surface area (TPSA) is 93.7 Å². The Hall–Kier alpha value is -4.18. The highest BCUT2D eigenvalue weighted by molar-refractivity contribution is 9.10. The molecule has 0 unspecified atom stereocenters. The van der Waals surface area contributed by atoms with Crippen LogP contribution in [0.2, 0.25) is 5.02 Å². The Morgan fingerprint density at radius 1 is 1.16 bits per heavy atom. The zero-order chi connectivity index (χ0) is 31.6. The second-order valence-electron chi connectivity index (χ2n) is 9.40. The molecule has 1 atom stereocenters. The summed E-state index contributed by atoms with van der Waals surface area (Å²) in [4.78, 5) is 30.2. The average Bonchev–Trinajstić information content (AvgIpc) is 3.30. The SMILES string of the molecule is CCOC(=O)C1=C(C(F)(F)F)N=c2s/c(=C\c3ccc(OCc4ccc(C#N)cc4)c(Br)c3)c(=O)n2[C@@H]1c1ccc(Cl)cc1. The fourth-order valence-corrected chi connectivity index (χ4v) is 6.15. The molecule has 7 nitrogen and oxygen atoms in total. The van der Waals surface area contributed by atoms with Crippen molar-refractivity contribution < 1.29 is 27.4 Å². The number of halogens is 5. The van der Waals surface area contributed by atoms with Gasteiger partial charge in [-0.3, -0.25) is 9.36 Å². The fourth-order valence-electron chi connectivity index (χ4n) is 4.51. The molecule has 1 aromatic heterocycles. The standard InChI is InChI=1S/C31H20BrClF3N3O4S/c1-2-42-29(41)25-26(20-8-10-21(33)11-9-20)39-28(40)24(44-30(39)38-27(25)31(34,35)36)14-19-7-12-23(22(32)13-19)43-16-18-5-3-17(15-37)4-6-18/h3-14,26H,2,16H2,1H3/b24-14-/t26-/m1/s1. The van der Waals surface area contributed by atoms with Crippen molar-refractivity contribution in [1.82, 2.24) is 4.57 Å². The van der Waals surface area contributed by atoms with E-state index in [1.165, 1.54) is 37.3 Å². The molecular formula is C31H20BrClF3N3O4S. The van der Waals surface area contributed by atoms with Gasteiger partial charge in [-0.05, 0) is 82.0 Å². The number of carbonyl (C=O) groups is 1. The van der Waals surface area contributed by atoms with Crippen LogP contribution in [0.25, 0.3) is 6.08 Å². The second-order valence-corrected chi connectivity index (χ2v) is 11.7. The summed E-state index contributed by atoms with van der Waals surface area (Å²) in [5, 5.41) is 9.28. The molecule has 0 saturated carbocycles. The predicted molar refractivity (Wildman–Crippen MR) is 162 cm³/mol. The number of nitriles is 1. The first-order valence-corrected chi connectivity index (χ1v) is 15.0. The molecule has 0 saturated heterocycles. The summed E-state index contributed by atoms with van der Waals surface area (Å²) in [6, 6.07) is 18.5. The van der Waals surface area contributed by atoms with Crippen molar-refractivity contribution >= 4 is 50.9 Å². The van der Waals surface area contributed by atoms with Crippen molar-refractivity contribution in [3.05, 3.63) is 129 Å². The van der Waals surface area contributed by atoms with Crippen LogP contribution in [0, 0.1) is 11.3 Å². The van der Waals surface area contributed by atoms with Crippen LogP contribution in [-0.2, 0) is 16.1 Å². The zero-order valence-electron chi connectivity index (χ0n) is 22.7. The molecule has 3 aromatic carbocycles. The van der Waals surface area contributed by atoms with E-state index in [1.54, 1.807) is 42.5 Å². The van der Waals surface area contributed by atoms with Gasteiger partial charge in [-0.2, -0.15) is 18.4 Å². The van der Waals surface area contributed by atoms with Gasteiger partial charge >= 0.3 is 12.1 Å². The van der Waals surface area contributed by atoms with Crippen molar-refractivity contribution in [3.63, 3.8) is 0 Å². The number of fused-ring (bicyclic) bond motifs is 1. The monoisotopic (exact) mass is 701 g/mol. The maximum absolute atomic E-state index is 14.3. The van der Waals surface area contributed by atoms with E-state index in [0.717, 1.165) is 21.5 Å². The number of ether oxygens (including phenoxy) is 2. The molecule has 0 bridgehead atoms. The molecule has 0 fully saturated rings. The first-order chi connectivity index (χ1) is 21.0. The summed E-state index contributed by atoms with van der Waals surface area (Å²) in [6.07, 6.45) is -3.47. The molecule has 1 aliphatic rings. The third-order valence-electron chi connectivity index (χ3n) is 6.51. The molecule has 0 aliphatic carbocycles. The molecule has 224 valence electrons. The smallest absolute Gasteiger partial charge is 0.434 e. The zero-order valence-corrected chi connectivity index (χ0v) is 25.9. The van der Waals surface area contributed by atoms with Crippen LogP contribution in [0.3, 0.4) is 0 Å². The summed E-state index contributed by atoms with van der Waals surface area (Å²) in [7, 11) is 0. The quantitative estimate of drug-likeness (QED) is 0.214. The molecule has 13 heteroatoms. The normalized spacial score (nSPS) is 14.9. The maximum atomic E-state index is 14.3. The van der Waals surface area contributed by atoms with Gasteiger partial charge in [0.1, 0.15) is 12.4 Å². The van der Waals surface area contributed by atoms with Gasteiger partial charge in [0, 0.05) is 5.02 Å². The number of hydrogen-bond acceptors (Lipinski definition) is 7. The van der Waals surface area contributed by atoms with Gasteiger partial charge in [-0.1, -0.05) is 53.3 Å². The highest BCUT2D eigenvalue weighted by Gasteiger charge is 2.45. The van der Waals surface area contributed by atoms with Gasteiger partial charge in [-0.15, -0.1) is 0 Å². The van der Waals surface area contributed by atoms with Crippen LogP contribution >= 0.6 is 38.9 Å². The summed E-state index contributed by atoms with van der Waals surface area (Å²) >= 11 is 10.3. The molecule has 1 aliphatic heterocycles. The number of rotatable bonds is 7.